The maximum absolute atomic E-state index is 5.58. The van der Waals surface area contributed by atoms with Crippen molar-refractivity contribution in [3.63, 3.8) is 0 Å². The standard InChI is InChI=1S/C14H19N3O2/c1-4-15-10(2)12-5-7-13(8-6-12)18-9-14-16-11(3)17-19-14/h5-8,10,15H,4,9H2,1-3H3. The van der Waals surface area contributed by atoms with Gasteiger partial charge in [0.1, 0.15) is 5.75 Å². The monoisotopic (exact) mass is 261 g/mol. The van der Waals surface area contributed by atoms with Crippen molar-refractivity contribution >= 4 is 0 Å². The van der Waals surface area contributed by atoms with E-state index >= 15 is 0 Å². The van der Waals surface area contributed by atoms with E-state index in [0.717, 1.165) is 12.3 Å². The molecule has 1 unspecified atom stereocenters. The van der Waals surface area contributed by atoms with Crippen LogP contribution >= 0.6 is 0 Å². The third kappa shape index (κ3) is 3.79. The molecule has 0 saturated carbocycles. The number of nitrogens with one attached hydrogen (secondary N) is 1. The molecule has 2 aromatic rings. The highest BCUT2D eigenvalue weighted by atomic mass is 16.5. The van der Waals surface area contributed by atoms with Gasteiger partial charge in [0, 0.05) is 6.04 Å². The van der Waals surface area contributed by atoms with E-state index in [4.69, 9.17) is 9.26 Å². The molecule has 0 bridgehead atoms. The Balaban J connectivity index is 1.91. The van der Waals surface area contributed by atoms with Gasteiger partial charge < -0.3 is 14.6 Å². The fourth-order valence-electron chi connectivity index (χ4n) is 1.82. The summed E-state index contributed by atoms with van der Waals surface area (Å²) in [4.78, 5) is 4.08. The lowest BCUT2D eigenvalue weighted by Crippen LogP contribution is -2.17. The van der Waals surface area contributed by atoms with Crippen molar-refractivity contribution in [3.8, 4) is 5.75 Å². The topological polar surface area (TPSA) is 60.2 Å². The van der Waals surface area contributed by atoms with Crippen LogP contribution in [0.3, 0.4) is 0 Å². The van der Waals surface area contributed by atoms with Crippen molar-refractivity contribution < 1.29 is 9.26 Å². The van der Waals surface area contributed by atoms with E-state index in [1.165, 1.54) is 5.56 Å². The van der Waals surface area contributed by atoms with Crippen LogP contribution in [0.4, 0.5) is 0 Å². The molecule has 5 nitrogen and oxygen atoms in total. The van der Waals surface area contributed by atoms with Gasteiger partial charge in [-0.1, -0.05) is 24.2 Å². The summed E-state index contributed by atoms with van der Waals surface area (Å²) in [5, 5.41) is 7.08. The summed E-state index contributed by atoms with van der Waals surface area (Å²) in [6.07, 6.45) is 0. The summed E-state index contributed by atoms with van der Waals surface area (Å²) >= 11 is 0. The van der Waals surface area contributed by atoms with Gasteiger partial charge in [0.2, 0.25) is 0 Å². The minimum atomic E-state index is 0.295. The van der Waals surface area contributed by atoms with Crippen LogP contribution in [-0.4, -0.2) is 16.7 Å². The lowest BCUT2D eigenvalue weighted by atomic mass is 10.1. The van der Waals surface area contributed by atoms with E-state index in [-0.39, 0.29) is 0 Å². The summed E-state index contributed by atoms with van der Waals surface area (Å²) < 4.78 is 10.6. The molecule has 19 heavy (non-hydrogen) atoms. The Kier molecular flexibility index (Phi) is 4.52. The number of ether oxygens (including phenoxy) is 1. The van der Waals surface area contributed by atoms with E-state index < -0.39 is 0 Å². The quantitative estimate of drug-likeness (QED) is 0.866. The lowest BCUT2D eigenvalue weighted by Gasteiger charge is -2.13. The first kappa shape index (κ1) is 13.5. The molecule has 0 amide bonds. The van der Waals surface area contributed by atoms with Crippen LogP contribution in [0.5, 0.6) is 5.75 Å². The Hall–Kier alpha value is -1.88. The molecule has 0 aliphatic heterocycles. The molecule has 0 fully saturated rings. The van der Waals surface area contributed by atoms with Crippen LogP contribution in [0.15, 0.2) is 28.8 Å². The number of benzene rings is 1. The molecule has 0 aliphatic rings. The Morgan fingerprint density at radius 2 is 2.05 bits per heavy atom. The fraction of sp³-hybridized carbons (Fsp3) is 0.429. The molecule has 2 rings (SSSR count). The van der Waals surface area contributed by atoms with Crippen LogP contribution in [-0.2, 0) is 6.61 Å². The summed E-state index contributed by atoms with van der Waals surface area (Å²) in [5.74, 6) is 1.90. The highest BCUT2D eigenvalue weighted by Gasteiger charge is 2.05. The average Bonchev–Trinajstić information content (AvgIpc) is 2.83. The molecule has 1 aromatic heterocycles. The number of aromatic nitrogens is 2. The van der Waals surface area contributed by atoms with E-state index in [9.17, 15) is 0 Å². The van der Waals surface area contributed by atoms with E-state index in [1.807, 2.05) is 12.1 Å². The smallest absolute Gasteiger partial charge is 0.264 e. The molecule has 1 aromatic carbocycles. The Morgan fingerprint density at radius 1 is 1.32 bits per heavy atom. The first-order valence-electron chi connectivity index (χ1n) is 6.44. The lowest BCUT2D eigenvalue weighted by molar-refractivity contribution is 0.242. The van der Waals surface area contributed by atoms with E-state index in [0.29, 0.717) is 24.4 Å². The maximum Gasteiger partial charge on any atom is 0.264 e. The zero-order valence-electron chi connectivity index (χ0n) is 11.5. The molecular formula is C14H19N3O2. The van der Waals surface area contributed by atoms with E-state index in [1.54, 1.807) is 6.92 Å². The molecule has 0 saturated heterocycles. The molecular weight excluding hydrogens is 242 g/mol. The van der Waals surface area contributed by atoms with Crippen LogP contribution in [0.1, 0.15) is 37.2 Å². The number of aryl methyl sites for hydroxylation is 1. The normalized spacial score (nSPS) is 12.4. The second-order valence-corrected chi connectivity index (χ2v) is 4.37. The molecule has 1 N–H and O–H groups in total. The van der Waals surface area contributed by atoms with Gasteiger partial charge in [-0.05, 0) is 38.1 Å². The van der Waals surface area contributed by atoms with Crippen molar-refractivity contribution in [1.29, 1.82) is 0 Å². The van der Waals surface area contributed by atoms with Crippen molar-refractivity contribution in [2.24, 2.45) is 0 Å². The second-order valence-electron chi connectivity index (χ2n) is 4.37. The Morgan fingerprint density at radius 3 is 2.63 bits per heavy atom. The third-order valence-electron chi connectivity index (χ3n) is 2.82. The largest absolute Gasteiger partial charge is 0.484 e. The molecule has 5 heteroatoms. The maximum atomic E-state index is 5.58. The molecule has 1 atom stereocenters. The van der Waals surface area contributed by atoms with Crippen LogP contribution in [0.25, 0.3) is 0 Å². The summed E-state index contributed by atoms with van der Waals surface area (Å²) in [5.41, 5.74) is 1.24. The highest BCUT2D eigenvalue weighted by Crippen LogP contribution is 2.18. The van der Waals surface area contributed by atoms with Crippen LogP contribution in [0.2, 0.25) is 0 Å². The zero-order chi connectivity index (χ0) is 13.7. The predicted octanol–water partition coefficient (Wildman–Crippen LogP) is 2.63. The van der Waals surface area contributed by atoms with Gasteiger partial charge >= 0.3 is 0 Å². The summed E-state index contributed by atoms with van der Waals surface area (Å²) in [7, 11) is 0. The van der Waals surface area contributed by atoms with Gasteiger partial charge in [0.15, 0.2) is 12.4 Å². The zero-order valence-corrected chi connectivity index (χ0v) is 11.5. The summed E-state index contributed by atoms with van der Waals surface area (Å²) in [6.45, 7) is 7.27. The van der Waals surface area contributed by atoms with E-state index in [2.05, 4.69) is 41.4 Å². The Labute approximate surface area is 113 Å². The van der Waals surface area contributed by atoms with Crippen molar-refractivity contribution in [3.05, 3.63) is 41.5 Å². The molecule has 0 spiro atoms. The number of hydrogen-bond acceptors (Lipinski definition) is 5. The number of rotatable bonds is 6. The van der Waals surface area contributed by atoms with Gasteiger partial charge in [-0.25, -0.2) is 0 Å². The third-order valence-corrected chi connectivity index (χ3v) is 2.82. The molecule has 0 radical (unpaired) electrons. The minimum absolute atomic E-state index is 0.295. The predicted molar refractivity (Wildman–Crippen MR) is 71.9 cm³/mol. The van der Waals surface area contributed by atoms with Gasteiger partial charge in [0.25, 0.3) is 5.89 Å². The van der Waals surface area contributed by atoms with Gasteiger partial charge in [0.05, 0.1) is 0 Å². The SMILES string of the molecule is CCNC(C)c1ccc(OCc2nc(C)no2)cc1. The first-order valence-corrected chi connectivity index (χ1v) is 6.44. The highest BCUT2D eigenvalue weighted by molar-refractivity contribution is 5.28. The Bertz CT molecular complexity index is 508. The van der Waals surface area contributed by atoms with Crippen molar-refractivity contribution in [2.45, 2.75) is 33.4 Å². The molecule has 0 aliphatic carbocycles. The average molecular weight is 261 g/mol. The first-order chi connectivity index (χ1) is 9.19. The van der Waals surface area contributed by atoms with Gasteiger partial charge in [-0.15, -0.1) is 0 Å². The second kappa shape index (κ2) is 6.33. The minimum Gasteiger partial charge on any atom is -0.484 e. The molecule has 102 valence electrons. The van der Waals surface area contributed by atoms with Gasteiger partial charge in [-0.2, -0.15) is 4.98 Å². The summed E-state index contributed by atoms with van der Waals surface area (Å²) in [6, 6.07) is 8.36. The van der Waals surface area contributed by atoms with Crippen LogP contribution < -0.4 is 10.1 Å². The molecule has 1 heterocycles. The van der Waals surface area contributed by atoms with Crippen molar-refractivity contribution in [1.82, 2.24) is 15.5 Å². The van der Waals surface area contributed by atoms with Crippen molar-refractivity contribution in [2.75, 3.05) is 6.54 Å². The fourth-order valence-corrected chi connectivity index (χ4v) is 1.82. The number of nitrogens with zero attached hydrogens (tertiary/aromatic N) is 2. The number of hydrogen-bond donors (Lipinski definition) is 1. The van der Waals surface area contributed by atoms with Gasteiger partial charge in [-0.3, -0.25) is 0 Å². The van der Waals surface area contributed by atoms with Crippen LogP contribution in [0, 0.1) is 6.92 Å².